The predicted molar refractivity (Wildman–Crippen MR) is 108 cm³/mol. The lowest BCUT2D eigenvalue weighted by Gasteiger charge is -2.42. The molecule has 1 N–H and O–H groups in total. The third-order valence-electron chi connectivity index (χ3n) is 5.20. The van der Waals surface area contributed by atoms with Gasteiger partial charge in [-0.1, -0.05) is 42.8 Å². The average Bonchev–Trinajstić information content (AvgIpc) is 2.71. The van der Waals surface area contributed by atoms with Crippen LogP contribution in [0.2, 0.25) is 0 Å². The van der Waals surface area contributed by atoms with E-state index in [0.29, 0.717) is 18.0 Å². The number of amides is 1. The van der Waals surface area contributed by atoms with E-state index in [1.54, 1.807) is 18.2 Å². The van der Waals surface area contributed by atoms with E-state index in [1.807, 2.05) is 18.2 Å². The van der Waals surface area contributed by atoms with E-state index >= 15 is 0 Å². The first-order valence-corrected chi connectivity index (χ1v) is 9.36. The summed E-state index contributed by atoms with van der Waals surface area (Å²) >= 11 is 0. The van der Waals surface area contributed by atoms with E-state index in [2.05, 4.69) is 29.6 Å². The molecule has 0 saturated heterocycles. The van der Waals surface area contributed by atoms with Crippen molar-refractivity contribution in [1.29, 1.82) is 5.26 Å². The molecular weight excluding hydrogens is 352 g/mol. The minimum Gasteiger partial charge on any atom is -0.493 e. The van der Waals surface area contributed by atoms with Gasteiger partial charge in [-0.2, -0.15) is 5.26 Å². The molecule has 5 heteroatoms. The van der Waals surface area contributed by atoms with Crippen molar-refractivity contribution in [3.8, 4) is 17.6 Å². The Balaban J connectivity index is 1.60. The topological polar surface area (TPSA) is 71.3 Å². The Hall–Kier alpha value is -3.26. The number of carbonyl (C=O) groups excluding carboxylic acids is 1. The number of nitrogens with zero attached hydrogens (tertiary/aromatic N) is 1. The van der Waals surface area contributed by atoms with Gasteiger partial charge in [0, 0.05) is 18.0 Å². The second-order valence-electron chi connectivity index (χ2n) is 6.91. The Morgan fingerprint density at radius 2 is 2.00 bits per heavy atom. The first-order chi connectivity index (χ1) is 13.7. The van der Waals surface area contributed by atoms with Gasteiger partial charge in [0.2, 0.25) is 5.91 Å². The molecule has 1 aliphatic rings. The lowest BCUT2D eigenvalue weighted by molar-refractivity contribution is -0.116. The zero-order valence-electron chi connectivity index (χ0n) is 16.0. The average molecular weight is 376 g/mol. The summed E-state index contributed by atoms with van der Waals surface area (Å²) < 4.78 is 10.6. The lowest BCUT2D eigenvalue weighted by Crippen LogP contribution is -2.45. The van der Waals surface area contributed by atoms with Gasteiger partial charge in [0.05, 0.1) is 7.11 Å². The highest BCUT2D eigenvalue weighted by Crippen LogP contribution is 2.43. The molecule has 0 bridgehead atoms. The van der Waals surface area contributed by atoms with Crippen molar-refractivity contribution in [2.24, 2.45) is 0 Å². The highest BCUT2D eigenvalue weighted by atomic mass is 16.5. The summed E-state index contributed by atoms with van der Waals surface area (Å²) in [7, 11) is 1.54. The van der Waals surface area contributed by atoms with Crippen LogP contribution < -0.4 is 14.8 Å². The standard InChI is InChI=1S/C23H24N2O3/c1-27-21-16-18(8-10-20(21)28-15-14-24)9-11-22(26)25-17-23(12-5-13-23)19-6-3-2-4-7-19/h2-4,6-11,16H,5,12-13,15,17H2,1H3,(H,25,26)/b11-9+. The van der Waals surface area contributed by atoms with E-state index in [4.69, 9.17) is 14.7 Å². The molecular formula is C23H24N2O3. The maximum Gasteiger partial charge on any atom is 0.244 e. The fourth-order valence-corrected chi connectivity index (χ4v) is 3.47. The number of methoxy groups -OCH3 is 1. The Bertz CT molecular complexity index is 880. The van der Waals surface area contributed by atoms with E-state index in [-0.39, 0.29) is 17.9 Å². The van der Waals surface area contributed by atoms with Gasteiger partial charge in [-0.15, -0.1) is 0 Å². The Morgan fingerprint density at radius 1 is 1.21 bits per heavy atom. The van der Waals surface area contributed by atoms with Crippen LogP contribution in [-0.2, 0) is 10.2 Å². The van der Waals surface area contributed by atoms with Crippen molar-refractivity contribution >= 4 is 12.0 Å². The third-order valence-corrected chi connectivity index (χ3v) is 5.20. The fourth-order valence-electron chi connectivity index (χ4n) is 3.47. The number of ether oxygens (including phenoxy) is 2. The molecule has 0 aromatic heterocycles. The first kappa shape index (κ1) is 19.5. The van der Waals surface area contributed by atoms with Crippen LogP contribution >= 0.6 is 0 Å². The molecule has 0 radical (unpaired) electrons. The molecule has 2 aromatic rings. The maximum atomic E-state index is 12.3. The Kier molecular flexibility index (Phi) is 6.33. The Morgan fingerprint density at radius 3 is 2.64 bits per heavy atom. The Labute approximate surface area is 165 Å². The largest absolute Gasteiger partial charge is 0.493 e. The van der Waals surface area contributed by atoms with Crippen molar-refractivity contribution < 1.29 is 14.3 Å². The first-order valence-electron chi connectivity index (χ1n) is 9.36. The van der Waals surface area contributed by atoms with Gasteiger partial charge < -0.3 is 14.8 Å². The van der Waals surface area contributed by atoms with Crippen LogP contribution in [0.4, 0.5) is 0 Å². The van der Waals surface area contributed by atoms with Gasteiger partial charge >= 0.3 is 0 Å². The molecule has 0 aliphatic heterocycles. The zero-order chi connectivity index (χ0) is 19.8. The quantitative estimate of drug-likeness (QED) is 0.711. The van der Waals surface area contributed by atoms with Crippen LogP contribution in [0.5, 0.6) is 11.5 Å². The molecule has 1 amide bonds. The summed E-state index contributed by atoms with van der Waals surface area (Å²) in [5.74, 6) is 0.904. The van der Waals surface area contributed by atoms with E-state index < -0.39 is 0 Å². The van der Waals surface area contributed by atoms with Crippen molar-refractivity contribution in [3.05, 3.63) is 65.7 Å². The molecule has 144 valence electrons. The zero-order valence-corrected chi connectivity index (χ0v) is 16.0. The fraction of sp³-hybridized carbons (Fsp3) is 0.304. The van der Waals surface area contributed by atoms with E-state index in [1.165, 1.54) is 25.2 Å². The highest BCUT2D eigenvalue weighted by molar-refractivity contribution is 5.91. The summed E-state index contributed by atoms with van der Waals surface area (Å²) in [6.07, 6.45) is 6.66. The van der Waals surface area contributed by atoms with Crippen LogP contribution in [0, 0.1) is 11.3 Å². The molecule has 0 unspecified atom stereocenters. The normalized spacial score (nSPS) is 14.7. The van der Waals surface area contributed by atoms with E-state index in [9.17, 15) is 4.79 Å². The summed E-state index contributed by atoms with van der Waals surface area (Å²) in [6, 6.07) is 17.6. The lowest BCUT2D eigenvalue weighted by atomic mass is 9.64. The monoisotopic (exact) mass is 376 g/mol. The molecule has 2 aromatic carbocycles. The van der Waals surface area contributed by atoms with Crippen LogP contribution in [-0.4, -0.2) is 26.2 Å². The maximum absolute atomic E-state index is 12.3. The van der Waals surface area contributed by atoms with Crippen molar-refractivity contribution in [1.82, 2.24) is 5.32 Å². The number of hydrogen-bond donors (Lipinski definition) is 1. The molecule has 28 heavy (non-hydrogen) atoms. The van der Waals surface area contributed by atoms with Crippen LogP contribution in [0.15, 0.2) is 54.6 Å². The third kappa shape index (κ3) is 4.52. The number of rotatable bonds is 8. The molecule has 3 rings (SSSR count). The van der Waals surface area contributed by atoms with Gasteiger partial charge in [0.1, 0.15) is 6.07 Å². The number of benzene rings is 2. The van der Waals surface area contributed by atoms with Gasteiger partial charge in [0.25, 0.3) is 0 Å². The number of nitrogens with one attached hydrogen (secondary N) is 1. The predicted octanol–water partition coefficient (Wildman–Crippen LogP) is 3.85. The molecule has 0 spiro atoms. The number of carbonyl (C=O) groups is 1. The second kappa shape index (κ2) is 9.09. The highest BCUT2D eigenvalue weighted by Gasteiger charge is 2.38. The van der Waals surface area contributed by atoms with Crippen LogP contribution in [0.3, 0.4) is 0 Å². The second-order valence-corrected chi connectivity index (χ2v) is 6.91. The van der Waals surface area contributed by atoms with Crippen LogP contribution in [0.1, 0.15) is 30.4 Å². The summed E-state index contributed by atoms with van der Waals surface area (Å²) in [4.78, 5) is 12.3. The summed E-state index contributed by atoms with van der Waals surface area (Å²) in [6.45, 7) is 0.599. The minimum absolute atomic E-state index is 0.0445. The smallest absolute Gasteiger partial charge is 0.244 e. The van der Waals surface area contributed by atoms with E-state index in [0.717, 1.165) is 18.4 Å². The number of nitriles is 1. The van der Waals surface area contributed by atoms with Gasteiger partial charge in [-0.3, -0.25) is 4.79 Å². The summed E-state index contributed by atoms with van der Waals surface area (Å²) in [5, 5.41) is 11.7. The van der Waals surface area contributed by atoms with Crippen molar-refractivity contribution in [3.63, 3.8) is 0 Å². The molecule has 1 aliphatic carbocycles. The SMILES string of the molecule is COc1cc(/C=C/C(=O)NCC2(c3ccccc3)CCC2)ccc1OCC#N. The number of hydrogen-bond acceptors (Lipinski definition) is 4. The summed E-state index contributed by atoms with van der Waals surface area (Å²) in [5.41, 5.74) is 2.18. The molecule has 5 nitrogen and oxygen atoms in total. The van der Waals surface area contributed by atoms with Crippen molar-refractivity contribution in [2.75, 3.05) is 20.3 Å². The molecule has 1 fully saturated rings. The molecule has 0 heterocycles. The van der Waals surface area contributed by atoms with Gasteiger partial charge in [-0.25, -0.2) is 0 Å². The minimum atomic E-state index is -0.119. The van der Waals surface area contributed by atoms with Gasteiger partial charge in [0.15, 0.2) is 18.1 Å². The van der Waals surface area contributed by atoms with Crippen molar-refractivity contribution in [2.45, 2.75) is 24.7 Å². The van der Waals surface area contributed by atoms with Crippen LogP contribution in [0.25, 0.3) is 6.08 Å². The van der Waals surface area contributed by atoms with Gasteiger partial charge in [-0.05, 0) is 42.2 Å². The molecule has 0 atom stereocenters. The molecule has 1 saturated carbocycles.